The molecule has 2 heterocycles. The Kier molecular flexibility index (Phi) is 5.45. The minimum Gasteiger partial charge on any atom is -0.352 e. The number of anilines is 1. The summed E-state index contributed by atoms with van der Waals surface area (Å²) in [5.41, 5.74) is 0. The highest BCUT2D eigenvalue weighted by Crippen LogP contribution is 2.16. The van der Waals surface area contributed by atoms with E-state index in [0.29, 0.717) is 0 Å². The highest BCUT2D eigenvalue weighted by Gasteiger charge is 2.17. The molecule has 4 heteroatoms. The van der Waals surface area contributed by atoms with Crippen LogP contribution in [0.25, 0.3) is 0 Å². The number of likely N-dealkylation sites (tertiary alicyclic amines) is 1. The van der Waals surface area contributed by atoms with Crippen LogP contribution in [0.5, 0.6) is 0 Å². The van der Waals surface area contributed by atoms with Crippen molar-refractivity contribution >= 4 is 5.95 Å². The third-order valence-corrected chi connectivity index (χ3v) is 3.90. The lowest BCUT2D eigenvalue weighted by Crippen LogP contribution is -2.38. The molecule has 1 atom stereocenters. The summed E-state index contributed by atoms with van der Waals surface area (Å²) in [6.07, 6.45) is 11.1. The third kappa shape index (κ3) is 4.10. The minimum atomic E-state index is 0.759. The molecule has 1 saturated heterocycles. The van der Waals surface area contributed by atoms with E-state index >= 15 is 0 Å². The number of hydrogen-bond donors (Lipinski definition) is 1. The van der Waals surface area contributed by atoms with Gasteiger partial charge in [0.2, 0.25) is 5.95 Å². The number of nitrogens with zero attached hydrogens (tertiary/aromatic N) is 3. The summed E-state index contributed by atoms with van der Waals surface area (Å²) in [5, 5.41) is 3.26. The second-order valence-corrected chi connectivity index (χ2v) is 5.35. The number of hydrogen-bond acceptors (Lipinski definition) is 3. The Morgan fingerprint density at radius 2 is 2.37 bits per heavy atom. The van der Waals surface area contributed by atoms with Crippen LogP contribution in [0.15, 0.2) is 25.0 Å². The van der Waals surface area contributed by atoms with E-state index in [1.54, 1.807) is 0 Å². The summed E-state index contributed by atoms with van der Waals surface area (Å²) in [7, 11) is 0. The zero-order chi connectivity index (χ0) is 13.5. The molecule has 0 aliphatic carbocycles. The van der Waals surface area contributed by atoms with Crippen molar-refractivity contribution in [3.8, 4) is 0 Å². The summed E-state index contributed by atoms with van der Waals surface area (Å²) in [6, 6.07) is 0.759. The van der Waals surface area contributed by atoms with Gasteiger partial charge in [0.05, 0.1) is 0 Å². The fourth-order valence-corrected chi connectivity index (χ4v) is 2.75. The van der Waals surface area contributed by atoms with E-state index in [0.717, 1.165) is 25.1 Å². The number of aryl methyl sites for hydroxylation is 1. The lowest BCUT2D eigenvalue weighted by atomic mass is 10.0. The van der Waals surface area contributed by atoms with Crippen molar-refractivity contribution < 1.29 is 0 Å². The minimum absolute atomic E-state index is 0.759. The second-order valence-electron chi connectivity index (χ2n) is 5.35. The Labute approximate surface area is 116 Å². The predicted molar refractivity (Wildman–Crippen MR) is 80.4 cm³/mol. The van der Waals surface area contributed by atoms with Gasteiger partial charge in [-0.25, -0.2) is 4.98 Å². The lowest BCUT2D eigenvalue weighted by molar-refractivity contribution is 0.157. The van der Waals surface area contributed by atoms with Crippen LogP contribution in [0.4, 0.5) is 5.95 Å². The van der Waals surface area contributed by atoms with E-state index in [1.165, 1.54) is 38.8 Å². The van der Waals surface area contributed by atoms with Gasteiger partial charge in [-0.3, -0.25) is 0 Å². The topological polar surface area (TPSA) is 33.1 Å². The smallest absolute Gasteiger partial charge is 0.203 e. The van der Waals surface area contributed by atoms with Crippen LogP contribution in [-0.2, 0) is 6.54 Å². The highest BCUT2D eigenvalue weighted by molar-refractivity contribution is 5.26. The Balaban J connectivity index is 1.75. The van der Waals surface area contributed by atoms with Crippen LogP contribution in [0.2, 0.25) is 0 Å². The summed E-state index contributed by atoms with van der Waals surface area (Å²) in [4.78, 5) is 6.95. The van der Waals surface area contributed by atoms with E-state index < -0.39 is 0 Å². The molecular weight excluding hydrogens is 236 g/mol. The van der Waals surface area contributed by atoms with Crippen molar-refractivity contribution in [1.29, 1.82) is 0 Å². The maximum Gasteiger partial charge on any atom is 0.203 e. The van der Waals surface area contributed by atoms with E-state index in [2.05, 4.69) is 33.3 Å². The van der Waals surface area contributed by atoms with Gasteiger partial charge < -0.3 is 14.8 Å². The first-order valence-corrected chi connectivity index (χ1v) is 7.41. The predicted octanol–water partition coefficient (Wildman–Crippen LogP) is 2.75. The standard InChI is InChI=1S/C15H26N4/c1-3-8-16-15-17-9-13-19(15)12-6-11-18-10-5-4-7-14(18)2/h3,9,13-14H,1,4-8,10-12H2,2H3,(H,16,17). The fraction of sp³-hybridized carbons (Fsp3) is 0.667. The molecule has 1 N–H and O–H groups in total. The van der Waals surface area contributed by atoms with Crippen molar-refractivity contribution in [2.45, 2.75) is 45.2 Å². The van der Waals surface area contributed by atoms with E-state index in [9.17, 15) is 0 Å². The SMILES string of the molecule is C=CCNc1nccn1CCCN1CCCCC1C. The second kappa shape index (κ2) is 7.34. The monoisotopic (exact) mass is 262 g/mol. The molecule has 0 spiro atoms. The summed E-state index contributed by atoms with van der Waals surface area (Å²) >= 11 is 0. The van der Waals surface area contributed by atoms with Crippen LogP contribution in [0.1, 0.15) is 32.6 Å². The van der Waals surface area contributed by atoms with Crippen LogP contribution < -0.4 is 5.32 Å². The summed E-state index contributed by atoms with van der Waals surface area (Å²) in [6.45, 7) is 10.3. The summed E-state index contributed by atoms with van der Waals surface area (Å²) < 4.78 is 2.19. The maximum absolute atomic E-state index is 4.32. The average Bonchev–Trinajstić information content (AvgIpc) is 2.86. The molecular formula is C15H26N4. The van der Waals surface area contributed by atoms with E-state index in [-0.39, 0.29) is 0 Å². The largest absolute Gasteiger partial charge is 0.352 e. The molecule has 0 amide bonds. The third-order valence-electron chi connectivity index (χ3n) is 3.90. The van der Waals surface area contributed by atoms with Crippen molar-refractivity contribution in [1.82, 2.24) is 14.5 Å². The Hall–Kier alpha value is -1.29. The van der Waals surface area contributed by atoms with Gasteiger partial charge in [0.25, 0.3) is 0 Å². The molecule has 1 aromatic rings. The molecule has 19 heavy (non-hydrogen) atoms. The molecule has 0 saturated carbocycles. The maximum atomic E-state index is 4.32. The van der Waals surface area contributed by atoms with Gasteiger partial charge in [-0.2, -0.15) is 0 Å². The van der Waals surface area contributed by atoms with Gasteiger partial charge in [-0.1, -0.05) is 12.5 Å². The molecule has 4 nitrogen and oxygen atoms in total. The Morgan fingerprint density at radius 3 is 3.16 bits per heavy atom. The average molecular weight is 262 g/mol. The number of imidazole rings is 1. The van der Waals surface area contributed by atoms with Gasteiger partial charge in [0.1, 0.15) is 0 Å². The molecule has 1 unspecified atom stereocenters. The lowest BCUT2D eigenvalue weighted by Gasteiger charge is -2.33. The van der Waals surface area contributed by atoms with E-state index in [4.69, 9.17) is 0 Å². The van der Waals surface area contributed by atoms with Gasteiger partial charge in [0, 0.05) is 38.1 Å². The first kappa shape index (κ1) is 14.1. The molecule has 0 bridgehead atoms. The molecule has 1 aromatic heterocycles. The van der Waals surface area contributed by atoms with Gasteiger partial charge in [-0.05, 0) is 32.7 Å². The van der Waals surface area contributed by atoms with Crippen molar-refractivity contribution in [2.24, 2.45) is 0 Å². The van der Waals surface area contributed by atoms with Crippen LogP contribution >= 0.6 is 0 Å². The van der Waals surface area contributed by atoms with E-state index in [1.807, 2.05) is 18.5 Å². The zero-order valence-electron chi connectivity index (χ0n) is 12.0. The molecule has 2 rings (SSSR count). The summed E-state index contributed by atoms with van der Waals surface area (Å²) in [5.74, 6) is 0.951. The number of piperidine rings is 1. The Morgan fingerprint density at radius 1 is 1.47 bits per heavy atom. The molecule has 106 valence electrons. The van der Waals surface area contributed by atoms with Crippen molar-refractivity contribution in [3.63, 3.8) is 0 Å². The first-order valence-electron chi connectivity index (χ1n) is 7.41. The van der Waals surface area contributed by atoms with Crippen molar-refractivity contribution in [3.05, 3.63) is 25.0 Å². The molecule has 0 aromatic carbocycles. The Bertz CT molecular complexity index is 385. The molecule has 0 radical (unpaired) electrons. The molecule has 1 fully saturated rings. The fourth-order valence-electron chi connectivity index (χ4n) is 2.75. The quantitative estimate of drug-likeness (QED) is 0.767. The van der Waals surface area contributed by atoms with Crippen LogP contribution in [0, 0.1) is 0 Å². The van der Waals surface area contributed by atoms with Crippen LogP contribution in [0.3, 0.4) is 0 Å². The number of nitrogens with one attached hydrogen (secondary N) is 1. The number of rotatable bonds is 7. The zero-order valence-corrected chi connectivity index (χ0v) is 12.0. The van der Waals surface area contributed by atoms with Gasteiger partial charge >= 0.3 is 0 Å². The van der Waals surface area contributed by atoms with Gasteiger partial charge in [0.15, 0.2) is 0 Å². The number of aromatic nitrogens is 2. The van der Waals surface area contributed by atoms with Gasteiger partial charge in [-0.15, -0.1) is 6.58 Å². The normalized spacial score (nSPS) is 20.4. The van der Waals surface area contributed by atoms with Crippen molar-refractivity contribution in [2.75, 3.05) is 25.0 Å². The highest BCUT2D eigenvalue weighted by atomic mass is 15.2. The first-order chi connectivity index (χ1) is 9.31. The van der Waals surface area contributed by atoms with Crippen LogP contribution in [-0.4, -0.2) is 40.1 Å². The molecule has 1 aliphatic rings. The molecule has 1 aliphatic heterocycles.